The topological polar surface area (TPSA) is 57.7 Å². The average molecular weight is 330 g/mol. The van der Waals surface area contributed by atoms with E-state index < -0.39 is 16.1 Å². The highest BCUT2D eigenvalue weighted by molar-refractivity contribution is 7.92. The predicted octanol–water partition coefficient (Wildman–Crippen LogP) is 2.64. The molecular weight excluding hydrogens is 312 g/mol. The highest BCUT2D eigenvalue weighted by Gasteiger charge is 2.36. The first-order valence-corrected chi connectivity index (χ1v) is 8.82. The predicted molar refractivity (Wildman–Crippen MR) is 90.0 cm³/mol. The Morgan fingerprint density at radius 2 is 1.52 bits per heavy atom. The summed E-state index contributed by atoms with van der Waals surface area (Å²) in [7, 11) is -2.07. The van der Waals surface area contributed by atoms with Crippen LogP contribution in [-0.2, 0) is 14.8 Å². The minimum Gasteiger partial charge on any atom is -0.313 e. The first kappa shape index (κ1) is 15.6. The molecule has 0 spiro atoms. The molecule has 1 aliphatic rings. The average Bonchev–Trinajstić information content (AvgIpc) is 2.64. The number of hydrogen-bond donors (Lipinski definition) is 0. The van der Waals surface area contributed by atoms with Crippen LogP contribution >= 0.6 is 0 Å². The SMILES string of the molecule is C[C@H]1CC(=O)N(C)c2ccccc2N1S(=O)(=O)c1ccccc1. The van der Waals surface area contributed by atoms with Gasteiger partial charge in [-0.3, -0.25) is 9.10 Å². The van der Waals surface area contributed by atoms with Gasteiger partial charge in [-0.25, -0.2) is 8.42 Å². The van der Waals surface area contributed by atoms with Gasteiger partial charge in [0.2, 0.25) is 5.91 Å². The van der Waals surface area contributed by atoms with Crippen molar-refractivity contribution in [2.24, 2.45) is 0 Å². The molecule has 0 radical (unpaired) electrons. The van der Waals surface area contributed by atoms with Crippen LogP contribution in [0.25, 0.3) is 0 Å². The van der Waals surface area contributed by atoms with Crippen molar-refractivity contribution in [3.63, 3.8) is 0 Å². The van der Waals surface area contributed by atoms with E-state index >= 15 is 0 Å². The lowest BCUT2D eigenvalue weighted by atomic mass is 10.2. The maximum atomic E-state index is 13.1. The fraction of sp³-hybridized carbons (Fsp3) is 0.235. The van der Waals surface area contributed by atoms with E-state index in [1.807, 2.05) is 0 Å². The monoisotopic (exact) mass is 330 g/mol. The van der Waals surface area contributed by atoms with Gasteiger partial charge >= 0.3 is 0 Å². The minimum atomic E-state index is -3.74. The highest BCUT2D eigenvalue weighted by atomic mass is 32.2. The second-order valence-corrected chi connectivity index (χ2v) is 7.42. The molecule has 0 saturated heterocycles. The Bertz CT molecular complexity index is 834. The van der Waals surface area contributed by atoms with Crippen molar-refractivity contribution < 1.29 is 13.2 Å². The number of nitrogens with zero attached hydrogens (tertiary/aromatic N) is 2. The molecular formula is C17H18N2O3S. The van der Waals surface area contributed by atoms with Crippen LogP contribution in [0.15, 0.2) is 59.5 Å². The van der Waals surface area contributed by atoms with E-state index in [2.05, 4.69) is 0 Å². The van der Waals surface area contributed by atoms with Crippen molar-refractivity contribution in [1.29, 1.82) is 0 Å². The molecule has 6 heteroatoms. The molecule has 0 aromatic heterocycles. The van der Waals surface area contributed by atoms with Crippen LogP contribution in [0.1, 0.15) is 13.3 Å². The Hall–Kier alpha value is -2.34. The van der Waals surface area contributed by atoms with Crippen molar-refractivity contribution in [2.45, 2.75) is 24.3 Å². The number of amides is 1. The first-order chi connectivity index (χ1) is 10.9. The van der Waals surface area contributed by atoms with Crippen molar-refractivity contribution in [3.8, 4) is 0 Å². The van der Waals surface area contributed by atoms with E-state index in [1.165, 1.54) is 9.21 Å². The number of anilines is 2. The molecule has 1 amide bonds. The second kappa shape index (κ2) is 5.70. The van der Waals surface area contributed by atoms with Gasteiger partial charge in [0.15, 0.2) is 0 Å². The Morgan fingerprint density at radius 1 is 0.957 bits per heavy atom. The standard InChI is InChI=1S/C17H18N2O3S/c1-13-12-17(20)18(2)15-10-6-7-11-16(15)19(13)23(21,22)14-8-4-3-5-9-14/h3-11,13H,12H2,1-2H3/t13-/m0/s1. The van der Waals surface area contributed by atoms with Crippen molar-refractivity contribution in [1.82, 2.24) is 0 Å². The summed E-state index contributed by atoms with van der Waals surface area (Å²) >= 11 is 0. The lowest BCUT2D eigenvalue weighted by Crippen LogP contribution is -2.39. The second-order valence-electron chi connectivity index (χ2n) is 5.61. The summed E-state index contributed by atoms with van der Waals surface area (Å²) in [5, 5.41) is 0. The molecule has 1 heterocycles. The zero-order chi connectivity index (χ0) is 16.6. The third-order valence-corrected chi connectivity index (χ3v) is 5.97. The van der Waals surface area contributed by atoms with Crippen molar-refractivity contribution >= 4 is 27.3 Å². The third-order valence-electron chi connectivity index (χ3n) is 4.02. The van der Waals surface area contributed by atoms with Gasteiger partial charge in [-0.2, -0.15) is 0 Å². The summed E-state index contributed by atoms with van der Waals surface area (Å²) in [6.07, 6.45) is 0.136. The molecule has 2 aromatic rings. The van der Waals surface area contributed by atoms with Gasteiger partial charge < -0.3 is 4.90 Å². The van der Waals surface area contributed by atoms with Crippen LogP contribution in [0.5, 0.6) is 0 Å². The van der Waals surface area contributed by atoms with Crippen molar-refractivity contribution in [2.75, 3.05) is 16.3 Å². The van der Waals surface area contributed by atoms with Gasteiger partial charge in [0.05, 0.1) is 22.3 Å². The summed E-state index contributed by atoms with van der Waals surface area (Å²) in [6.45, 7) is 1.76. The Kier molecular flexibility index (Phi) is 3.85. The molecule has 0 saturated carbocycles. The summed E-state index contributed by atoms with van der Waals surface area (Å²) in [4.78, 5) is 14.0. The zero-order valence-electron chi connectivity index (χ0n) is 13.0. The van der Waals surface area contributed by atoms with Gasteiger partial charge in [-0.05, 0) is 31.2 Å². The smallest absolute Gasteiger partial charge is 0.264 e. The molecule has 3 rings (SSSR count). The largest absolute Gasteiger partial charge is 0.313 e. The van der Waals surface area contributed by atoms with E-state index in [0.29, 0.717) is 11.4 Å². The summed E-state index contributed by atoms with van der Waals surface area (Å²) < 4.78 is 27.6. The Morgan fingerprint density at radius 3 is 2.17 bits per heavy atom. The fourth-order valence-corrected chi connectivity index (χ4v) is 4.54. The summed E-state index contributed by atoms with van der Waals surface area (Å²) in [5.41, 5.74) is 1.12. The van der Waals surface area contributed by atoms with E-state index in [1.54, 1.807) is 68.6 Å². The van der Waals surface area contributed by atoms with E-state index in [-0.39, 0.29) is 17.2 Å². The number of para-hydroxylation sites is 2. The van der Waals surface area contributed by atoms with Crippen LogP contribution in [0.4, 0.5) is 11.4 Å². The number of carbonyl (C=O) groups is 1. The third kappa shape index (κ3) is 2.59. The van der Waals surface area contributed by atoms with Gasteiger partial charge in [-0.1, -0.05) is 30.3 Å². The molecule has 0 aliphatic carbocycles. The normalized spacial score (nSPS) is 18.5. The lowest BCUT2D eigenvalue weighted by Gasteiger charge is -2.29. The van der Waals surface area contributed by atoms with Gasteiger partial charge in [0.1, 0.15) is 0 Å². The first-order valence-electron chi connectivity index (χ1n) is 7.38. The van der Waals surface area contributed by atoms with Crippen LogP contribution in [-0.4, -0.2) is 27.4 Å². The van der Waals surface area contributed by atoms with Crippen LogP contribution < -0.4 is 9.21 Å². The van der Waals surface area contributed by atoms with E-state index in [4.69, 9.17) is 0 Å². The number of benzene rings is 2. The van der Waals surface area contributed by atoms with E-state index in [0.717, 1.165) is 0 Å². The van der Waals surface area contributed by atoms with Gasteiger partial charge in [0, 0.05) is 13.5 Å². The molecule has 0 unspecified atom stereocenters. The van der Waals surface area contributed by atoms with Crippen LogP contribution in [0, 0.1) is 0 Å². The molecule has 0 N–H and O–H groups in total. The fourth-order valence-electron chi connectivity index (χ4n) is 2.85. The number of carbonyl (C=O) groups excluding carboxylic acids is 1. The Labute approximate surface area is 136 Å². The molecule has 2 aromatic carbocycles. The number of hydrogen-bond acceptors (Lipinski definition) is 3. The number of sulfonamides is 1. The maximum absolute atomic E-state index is 13.1. The molecule has 5 nitrogen and oxygen atoms in total. The molecule has 0 fully saturated rings. The molecule has 1 atom stereocenters. The van der Waals surface area contributed by atoms with Gasteiger partial charge in [0.25, 0.3) is 10.0 Å². The van der Waals surface area contributed by atoms with Gasteiger partial charge in [-0.15, -0.1) is 0 Å². The highest BCUT2D eigenvalue weighted by Crippen LogP contribution is 2.37. The number of rotatable bonds is 2. The van der Waals surface area contributed by atoms with E-state index in [9.17, 15) is 13.2 Å². The molecule has 1 aliphatic heterocycles. The van der Waals surface area contributed by atoms with Crippen molar-refractivity contribution in [3.05, 3.63) is 54.6 Å². The lowest BCUT2D eigenvalue weighted by molar-refractivity contribution is -0.118. The van der Waals surface area contributed by atoms with Crippen LogP contribution in [0.2, 0.25) is 0 Å². The maximum Gasteiger partial charge on any atom is 0.264 e. The quantitative estimate of drug-likeness (QED) is 0.850. The van der Waals surface area contributed by atoms with Crippen LogP contribution in [0.3, 0.4) is 0 Å². The summed E-state index contributed by atoms with van der Waals surface area (Å²) in [6, 6.07) is 14.9. The summed E-state index contributed by atoms with van der Waals surface area (Å²) in [5.74, 6) is -0.101. The number of fused-ring (bicyclic) bond motifs is 1. The Balaban J connectivity index is 2.22. The molecule has 0 bridgehead atoms. The minimum absolute atomic E-state index is 0.101. The zero-order valence-corrected chi connectivity index (χ0v) is 13.8. The molecule has 23 heavy (non-hydrogen) atoms. The molecule has 120 valence electrons.